The molecule has 2 rings (SSSR count). The van der Waals surface area contributed by atoms with Crippen LogP contribution in [0.3, 0.4) is 0 Å². The topological polar surface area (TPSA) is 60.2 Å². The number of hydrogen-bond donors (Lipinski definition) is 1. The summed E-state index contributed by atoms with van der Waals surface area (Å²) < 4.78 is 23.0. The van der Waals surface area contributed by atoms with Crippen molar-refractivity contribution < 1.29 is 8.42 Å². The Morgan fingerprint density at radius 2 is 2.08 bits per heavy atom. The Labute approximate surface area is 79.6 Å². The number of hydrogen-bond acceptors (Lipinski definition) is 3. The van der Waals surface area contributed by atoms with Crippen molar-refractivity contribution in [1.82, 2.24) is 0 Å². The molecule has 1 atom stereocenters. The molecule has 2 N–H and O–H groups in total. The van der Waals surface area contributed by atoms with Gasteiger partial charge in [0, 0.05) is 0 Å². The van der Waals surface area contributed by atoms with Crippen LogP contribution >= 0.6 is 0 Å². The van der Waals surface area contributed by atoms with Crippen LogP contribution in [0.1, 0.15) is 25.7 Å². The molecule has 76 valence electrons. The Bertz CT molecular complexity index is 295. The lowest BCUT2D eigenvalue weighted by Crippen LogP contribution is -2.43. The molecule has 1 saturated carbocycles. The first kappa shape index (κ1) is 9.46. The third-order valence-corrected chi connectivity index (χ3v) is 5.41. The molecule has 2 aliphatic rings. The normalized spacial score (nSPS) is 38.8. The van der Waals surface area contributed by atoms with Gasteiger partial charge in [0.25, 0.3) is 0 Å². The Morgan fingerprint density at radius 1 is 1.38 bits per heavy atom. The smallest absolute Gasteiger partial charge is 0.150 e. The molecule has 3 nitrogen and oxygen atoms in total. The molecule has 0 radical (unpaired) electrons. The fourth-order valence-corrected chi connectivity index (χ4v) is 4.67. The summed E-state index contributed by atoms with van der Waals surface area (Å²) in [7, 11) is -2.79. The van der Waals surface area contributed by atoms with Crippen molar-refractivity contribution in [2.45, 2.75) is 25.7 Å². The van der Waals surface area contributed by atoms with Gasteiger partial charge in [0.1, 0.15) is 0 Å². The summed E-state index contributed by atoms with van der Waals surface area (Å²) in [5, 5.41) is 0. The van der Waals surface area contributed by atoms with Crippen LogP contribution in [0, 0.1) is 11.3 Å². The van der Waals surface area contributed by atoms with Gasteiger partial charge in [-0.15, -0.1) is 0 Å². The molecule has 1 aliphatic heterocycles. The minimum atomic E-state index is -2.79. The van der Waals surface area contributed by atoms with Crippen LogP contribution in [0.2, 0.25) is 0 Å². The largest absolute Gasteiger partial charge is 0.330 e. The van der Waals surface area contributed by atoms with Gasteiger partial charge < -0.3 is 5.73 Å². The second kappa shape index (κ2) is 2.95. The molecule has 0 aromatic carbocycles. The Kier molecular flexibility index (Phi) is 2.15. The molecule has 0 bridgehead atoms. The van der Waals surface area contributed by atoms with E-state index in [1.165, 1.54) is 12.8 Å². The van der Waals surface area contributed by atoms with Crippen molar-refractivity contribution in [2.75, 3.05) is 18.1 Å². The van der Waals surface area contributed by atoms with Gasteiger partial charge in [-0.2, -0.15) is 0 Å². The number of nitrogens with two attached hydrogens (primary N) is 1. The summed E-state index contributed by atoms with van der Waals surface area (Å²) in [5.41, 5.74) is 5.69. The van der Waals surface area contributed by atoms with E-state index >= 15 is 0 Å². The van der Waals surface area contributed by atoms with Crippen LogP contribution in [0.25, 0.3) is 0 Å². The first-order valence-electron chi connectivity index (χ1n) is 4.98. The Hall–Kier alpha value is -0.0900. The van der Waals surface area contributed by atoms with E-state index < -0.39 is 9.84 Å². The van der Waals surface area contributed by atoms with Gasteiger partial charge in [-0.3, -0.25) is 0 Å². The highest BCUT2D eigenvalue weighted by molar-refractivity contribution is 7.91. The lowest BCUT2D eigenvalue weighted by atomic mass is 9.80. The van der Waals surface area contributed by atoms with E-state index in [2.05, 4.69) is 0 Å². The van der Waals surface area contributed by atoms with Gasteiger partial charge in [0.15, 0.2) is 9.84 Å². The highest BCUT2D eigenvalue weighted by atomic mass is 32.2. The van der Waals surface area contributed by atoms with Crippen LogP contribution in [0.15, 0.2) is 0 Å². The molecular weight excluding hydrogens is 186 g/mol. The van der Waals surface area contributed by atoms with Gasteiger partial charge in [-0.1, -0.05) is 0 Å². The summed E-state index contributed by atoms with van der Waals surface area (Å²) in [5.74, 6) is 1.33. The fraction of sp³-hybridized carbons (Fsp3) is 1.00. The zero-order chi connectivity index (χ0) is 9.53. The van der Waals surface area contributed by atoms with E-state index in [0.29, 0.717) is 24.0 Å². The lowest BCUT2D eigenvalue weighted by molar-refractivity contribution is 0.251. The van der Waals surface area contributed by atoms with Gasteiger partial charge in [-0.25, -0.2) is 8.42 Å². The predicted molar refractivity (Wildman–Crippen MR) is 52.1 cm³/mol. The van der Waals surface area contributed by atoms with Crippen LogP contribution in [-0.4, -0.2) is 26.5 Å². The summed E-state index contributed by atoms with van der Waals surface area (Å²) in [6, 6.07) is 0. The first-order chi connectivity index (χ1) is 6.08. The van der Waals surface area contributed by atoms with E-state index in [1.807, 2.05) is 0 Å². The summed E-state index contributed by atoms with van der Waals surface area (Å²) in [6.45, 7) is 0.552. The van der Waals surface area contributed by atoms with Crippen molar-refractivity contribution in [1.29, 1.82) is 0 Å². The second-order valence-electron chi connectivity index (χ2n) is 4.54. The van der Waals surface area contributed by atoms with Crippen LogP contribution in [0.5, 0.6) is 0 Å². The van der Waals surface area contributed by atoms with E-state index in [9.17, 15) is 8.42 Å². The maximum Gasteiger partial charge on any atom is 0.150 e. The van der Waals surface area contributed by atoms with E-state index in [4.69, 9.17) is 5.73 Å². The van der Waals surface area contributed by atoms with E-state index in [0.717, 1.165) is 12.8 Å². The molecule has 0 amide bonds. The summed E-state index contributed by atoms with van der Waals surface area (Å²) >= 11 is 0. The standard InChI is InChI=1S/C9H17NO2S/c10-6-9(8-2-3-8)4-1-5-13(11,12)7-9/h8H,1-7,10H2. The second-order valence-corrected chi connectivity index (χ2v) is 6.72. The van der Waals surface area contributed by atoms with Crippen LogP contribution in [-0.2, 0) is 9.84 Å². The van der Waals surface area contributed by atoms with E-state index in [1.54, 1.807) is 0 Å². The molecule has 4 heteroatoms. The van der Waals surface area contributed by atoms with Crippen molar-refractivity contribution in [3.8, 4) is 0 Å². The molecule has 1 aliphatic carbocycles. The Morgan fingerprint density at radius 3 is 2.54 bits per heavy atom. The highest BCUT2D eigenvalue weighted by Crippen LogP contribution is 2.50. The van der Waals surface area contributed by atoms with Crippen molar-refractivity contribution in [2.24, 2.45) is 17.1 Å². The number of rotatable bonds is 2. The maximum absolute atomic E-state index is 11.5. The van der Waals surface area contributed by atoms with Crippen molar-refractivity contribution >= 4 is 9.84 Å². The quantitative estimate of drug-likeness (QED) is 0.713. The molecule has 13 heavy (non-hydrogen) atoms. The van der Waals surface area contributed by atoms with Gasteiger partial charge in [0.05, 0.1) is 11.5 Å². The molecule has 2 fully saturated rings. The van der Waals surface area contributed by atoms with Gasteiger partial charge in [0.2, 0.25) is 0 Å². The van der Waals surface area contributed by atoms with Gasteiger partial charge >= 0.3 is 0 Å². The third-order valence-electron chi connectivity index (χ3n) is 3.49. The number of sulfone groups is 1. The SMILES string of the molecule is NCC1(C2CC2)CCCS(=O)(=O)C1. The molecule has 0 spiro atoms. The third kappa shape index (κ3) is 1.74. The Balaban J connectivity index is 2.20. The predicted octanol–water partition coefficient (Wildman–Crippen LogP) is 0.550. The summed E-state index contributed by atoms with van der Waals surface area (Å²) in [6.07, 6.45) is 4.21. The van der Waals surface area contributed by atoms with Crippen molar-refractivity contribution in [3.05, 3.63) is 0 Å². The summed E-state index contributed by atoms with van der Waals surface area (Å²) in [4.78, 5) is 0. The van der Waals surface area contributed by atoms with E-state index in [-0.39, 0.29) is 5.41 Å². The average Bonchev–Trinajstić information content (AvgIpc) is 2.84. The maximum atomic E-state index is 11.5. The molecular formula is C9H17NO2S. The van der Waals surface area contributed by atoms with Crippen LogP contribution < -0.4 is 5.73 Å². The molecule has 1 saturated heterocycles. The molecule has 0 aromatic heterocycles. The lowest BCUT2D eigenvalue weighted by Gasteiger charge is -2.36. The monoisotopic (exact) mass is 203 g/mol. The zero-order valence-electron chi connectivity index (χ0n) is 7.83. The van der Waals surface area contributed by atoms with Crippen molar-refractivity contribution in [3.63, 3.8) is 0 Å². The van der Waals surface area contributed by atoms with Gasteiger partial charge in [-0.05, 0) is 43.6 Å². The fourth-order valence-electron chi connectivity index (χ4n) is 2.57. The minimum Gasteiger partial charge on any atom is -0.330 e. The zero-order valence-corrected chi connectivity index (χ0v) is 8.65. The molecule has 0 aromatic rings. The van der Waals surface area contributed by atoms with Crippen LogP contribution in [0.4, 0.5) is 0 Å². The molecule has 1 unspecified atom stereocenters. The minimum absolute atomic E-state index is 0.0446. The highest BCUT2D eigenvalue weighted by Gasteiger charge is 2.48. The molecule has 1 heterocycles. The average molecular weight is 203 g/mol. The first-order valence-corrected chi connectivity index (χ1v) is 6.81.